The second kappa shape index (κ2) is 5.31. The average molecular weight is 319 g/mol. The van der Waals surface area contributed by atoms with Crippen molar-refractivity contribution >= 4 is 15.9 Å². The Morgan fingerprint density at radius 1 is 1.32 bits per heavy atom. The van der Waals surface area contributed by atoms with Crippen molar-refractivity contribution in [2.24, 2.45) is 5.73 Å². The lowest BCUT2D eigenvalue weighted by molar-refractivity contribution is 0.305. The average Bonchev–Trinajstić information content (AvgIpc) is 2.78. The van der Waals surface area contributed by atoms with Crippen molar-refractivity contribution in [2.45, 2.75) is 25.5 Å². The first-order valence-electron chi connectivity index (χ1n) is 6.33. The van der Waals surface area contributed by atoms with Gasteiger partial charge in [-0.3, -0.25) is 4.98 Å². The van der Waals surface area contributed by atoms with Crippen LogP contribution in [0.5, 0.6) is 5.75 Å². The van der Waals surface area contributed by atoms with Gasteiger partial charge in [0.1, 0.15) is 12.4 Å². The second-order valence-corrected chi connectivity index (χ2v) is 5.72. The molecule has 1 aromatic carbocycles. The van der Waals surface area contributed by atoms with Crippen molar-refractivity contribution in [3.63, 3.8) is 0 Å². The van der Waals surface area contributed by atoms with Gasteiger partial charge >= 0.3 is 0 Å². The van der Waals surface area contributed by atoms with Gasteiger partial charge in [-0.05, 0) is 58.1 Å². The van der Waals surface area contributed by atoms with Crippen LogP contribution >= 0.6 is 15.9 Å². The zero-order valence-electron chi connectivity index (χ0n) is 10.5. The van der Waals surface area contributed by atoms with E-state index in [1.54, 1.807) is 6.20 Å². The molecular formula is C15H15BrN2O. The third-order valence-electron chi connectivity index (χ3n) is 3.41. The Balaban J connectivity index is 1.71. The molecule has 19 heavy (non-hydrogen) atoms. The summed E-state index contributed by atoms with van der Waals surface area (Å²) in [5.74, 6) is 0.896. The van der Waals surface area contributed by atoms with Crippen LogP contribution in [0.25, 0.3) is 0 Å². The Labute approximate surface area is 120 Å². The molecule has 0 spiro atoms. The smallest absolute Gasteiger partial charge is 0.120 e. The lowest BCUT2D eigenvalue weighted by Gasteiger charge is -2.09. The lowest BCUT2D eigenvalue weighted by atomic mass is 10.1. The molecule has 1 atom stereocenters. The number of nitrogens with zero attached hydrogens (tertiary/aromatic N) is 1. The number of halogens is 1. The summed E-state index contributed by atoms with van der Waals surface area (Å²) in [6.45, 7) is 0.525. The van der Waals surface area contributed by atoms with Crippen LogP contribution in [0.2, 0.25) is 0 Å². The highest BCUT2D eigenvalue weighted by atomic mass is 79.9. The molecule has 98 valence electrons. The summed E-state index contributed by atoms with van der Waals surface area (Å²) in [5.41, 5.74) is 9.65. The maximum Gasteiger partial charge on any atom is 0.120 e. The van der Waals surface area contributed by atoms with Crippen LogP contribution < -0.4 is 10.5 Å². The number of aromatic nitrogens is 1. The third kappa shape index (κ3) is 2.80. The molecule has 0 aliphatic heterocycles. The molecule has 3 nitrogen and oxygen atoms in total. The van der Waals surface area contributed by atoms with Gasteiger partial charge in [-0.25, -0.2) is 0 Å². The van der Waals surface area contributed by atoms with Gasteiger partial charge in [0.05, 0.1) is 0 Å². The summed E-state index contributed by atoms with van der Waals surface area (Å²) in [4.78, 5) is 4.12. The molecule has 0 fully saturated rings. The maximum absolute atomic E-state index is 6.02. The summed E-state index contributed by atoms with van der Waals surface area (Å²) in [7, 11) is 0. The number of fused-ring (bicyclic) bond motifs is 1. The summed E-state index contributed by atoms with van der Waals surface area (Å²) in [5, 5.41) is 0. The summed E-state index contributed by atoms with van der Waals surface area (Å²) in [6, 6.07) is 8.39. The molecule has 1 heterocycles. The number of benzene rings is 1. The molecule has 2 aromatic rings. The van der Waals surface area contributed by atoms with Gasteiger partial charge in [0.15, 0.2) is 0 Å². The third-order valence-corrected chi connectivity index (χ3v) is 3.84. The Bertz CT molecular complexity index is 600. The topological polar surface area (TPSA) is 48.1 Å². The summed E-state index contributed by atoms with van der Waals surface area (Å²) >= 11 is 3.40. The Morgan fingerprint density at radius 3 is 3.05 bits per heavy atom. The fourth-order valence-corrected chi connectivity index (χ4v) is 2.83. The number of ether oxygens (including phenoxy) is 1. The Hall–Kier alpha value is -1.39. The second-order valence-electron chi connectivity index (χ2n) is 4.81. The van der Waals surface area contributed by atoms with Gasteiger partial charge in [0.25, 0.3) is 0 Å². The molecule has 0 saturated heterocycles. The number of aryl methyl sites for hydroxylation is 1. The largest absolute Gasteiger partial charge is 0.489 e. The first-order valence-corrected chi connectivity index (χ1v) is 7.12. The maximum atomic E-state index is 6.02. The van der Waals surface area contributed by atoms with Crippen molar-refractivity contribution in [3.8, 4) is 5.75 Å². The molecule has 0 radical (unpaired) electrons. The van der Waals surface area contributed by atoms with Crippen LogP contribution in [0.3, 0.4) is 0 Å². The van der Waals surface area contributed by atoms with Crippen LogP contribution in [-0.2, 0) is 13.0 Å². The first-order chi connectivity index (χ1) is 9.22. The van der Waals surface area contributed by atoms with Gasteiger partial charge in [0.2, 0.25) is 0 Å². The molecule has 0 amide bonds. The van der Waals surface area contributed by atoms with Gasteiger partial charge < -0.3 is 10.5 Å². The highest BCUT2D eigenvalue weighted by Crippen LogP contribution is 2.32. The van der Waals surface area contributed by atoms with Gasteiger partial charge in [-0.1, -0.05) is 6.07 Å². The number of nitrogens with two attached hydrogens (primary N) is 1. The highest BCUT2D eigenvalue weighted by molar-refractivity contribution is 9.10. The Morgan fingerprint density at radius 2 is 2.21 bits per heavy atom. The van der Waals surface area contributed by atoms with E-state index in [4.69, 9.17) is 10.5 Å². The lowest BCUT2D eigenvalue weighted by Crippen LogP contribution is -2.05. The normalized spacial score (nSPS) is 17.3. The predicted octanol–water partition coefficient (Wildman–Crippen LogP) is 3.37. The molecule has 3 rings (SSSR count). The van der Waals surface area contributed by atoms with Crippen molar-refractivity contribution in [2.75, 3.05) is 0 Å². The number of pyridine rings is 1. The molecule has 1 aliphatic rings. The van der Waals surface area contributed by atoms with Gasteiger partial charge in [-0.2, -0.15) is 0 Å². The van der Waals surface area contributed by atoms with Crippen LogP contribution in [0, 0.1) is 0 Å². The molecule has 0 bridgehead atoms. The van der Waals surface area contributed by atoms with Gasteiger partial charge in [0, 0.05) is 28.5 Å². The van der Waals surface area contributed by atoms with E-state index in [-0.39, 0.29) is 6.04 Å². The molecule has 1 aliphatic carbocycles. The van der Waals surface area contributed by atoms with Crippen LogP contribution in [0.4, 0.5) is 0 Å². The van der Waals surface area contributed by atoms with Crippen molar-refractivity contribution < 1.29 is 4.74 Å². The van der Waals surface area contributed by atoms with E-state index in [1.807, 2.05) is 18.3 Å². The van der Waals surface area contributed by atoms with Crippen molar-refractivity contribution in [1.29, 1.82) is 0 Å². The molecule has 0 unspecified atom stereocenters. The zero-order valence-corrected chi connectivity index (χ0v) is 12.1. The highest BCUT2D eigenvalue weighted by Gasteiger charge is 2.18. The number of hydrogen-bond donors (Lipinski definition) is 1. The minimum atomic E-state index is 0.193. The first kappa shape index (κ1) is 12.6. The van der Waals surface area contributed by atoms with Crippen molar-refractivity contribution in [3.05, 3.63) is 57.8 Å². The van der Waals surface area contributed by atoms with Gasteiger partial charge in [-0.15, -0.1) is 0 Å². The van der Waals surface area contributed by atoms with E-state index in [9.17, 15) is 0 Å². The molecule has 1 aromatic heterocycles. The fraction of sp³-hybridized carbons (Fsp3) is 0.267. The van der Waals surface area contributed by atoms with E-state index in [2.05, 4.69) is 33.0 Å². The quantitative estimate of drug-likeness (QED) is 0.943. The summed E-state index contributed by atoms with van der Waals surface area (Å²) in [6.07, 6.45) is 5.66. The Kier molecular flexibility index (Phi) is 3.53. The van der Waals surface area contributed by atoms with Crippen LogP contribution in [0.1, 0.15) is 29.2 Å². The zero-order chi connectivity index (χ0) is 13.2. The molecule has 2 N–H and O–H groups in total. The van der Waals surface area contributed by atoms with E-state index in [0.29, 0.717) is 6.61 Å². The van der Waals surface area contributed by atoms with Crippen LogP contribution in [0.15, 0.2) is 41.1 Å². The summed E-state index contributed by atoms with van der Waals surface area (Å²) < 4.78 is 6.77. The minimum Gasteiger partial charge on any atom is -0.489 e. The monoisotopic (exact) mass is 318 g/mol. The SMILES string of the molecule is N[C@@H]1CCc2cc(OCc3cncc(Br)c3)ccc21. The number of rotatable bonds is 3. The number of hydrogen-bond acceptors (Lipinski definition) is 3. The van der Waals surface area contributed by atoms with E-state index in [1.165, 1.54) is 11.1 Å². The predicted molar refractivity (Wildman–Crippen MR) is 78.0 cm³/mol. The van der Waals surface area contributed by atoms with E-state index >= 15 is 0 Å². The van der Waals surface area contributed by atoms with E-state index in [0.717, 1.165) is 28.6 Å². The molecular weight excluding hydrogens is 304 g/mol. The molecule has 0 saturated carbocycles. The van der Waals surface area contributed by atoms with Crippen molar-refractivity contribution in [1.82, 2.24) is 4.98 Å². The minimum absolute atomic E-state index is 0.193. The van der Waals surface area contributed by atoms with Crippen LogP contribution in [-0.4, -0.2) is 4.98 Å². The molecule has 4 heteroatoms. The standard InChI is InChI=1S/C15H15BrN2O/c16-12-5-10(7-18-8-12)9-19-13-2-3-14-11(6-13)1-4-15(14)17/h2-3,5-8,15H,1,4,9,17H2/t15-/m1/s1. The van der Waals surface area contributed by atoms with E-state index < -0.39 is 0 Å². The fourth-order valence-electron chi connectivity index (χ4n) is 2.42.